The molecule has 0 unspecified atom stereocenters. The fraction of sp³-hybridized carbons (Fsp3) is 0.0769. The van der Waals surface area contributed by atoms with Gasteiger partial charge in [0.25, 0.3) is 5.56 Å². The van der Waals surface area contributed by atoms with Crippen LogP contribution in [-0.4, -0.2) is 45.2 Å². The number of hydrogen-bond donors (Lipinski definition) is 4. The minimum absolute atomic E-state index is 0.0393. The van der Waals surface area contributed by atoms with Gasteiger partial charge >= 0.3 is 5.97 Å². The topological polar surface area (TPSA) is 172 Å². The molecule has 0 saturated heterocycles. The van der Waals surface area contributed by atoms with Crippen molar-refractivity contribution in [1.82, 2.24) is 19.9 Å². The van der Waals surface area contributed by atoms with Crippen molar-refractivity contribution in [1.29, 1.82) is 0 Å². The summed E-state index contributed by atoms with van der Waals surface area (Å²) in [6.45, 7) is 0. The van der Waals surface area contributed by atoms with E-state index in [4.69, 9.17) is 10.8 Å². The maximum Gasteiger partial charge on any atom is 0.319 e. The van der Waals surface area contributed by atoms with E-state index in [1.807, 2.05) is 0 Å². The molecule has 126 valence electrons. The first kappa shape index (κ1) is 17.1. The first-order valence-electron chi connectivity index (χ1n) is 6.48. The van der Waals surface area contributed by atoms with Gasteiger partial charge in [-0.1, -0.05) is 18.2 Å². The number of nitrogens with one attached hydrogen (secondary N) is 2. The van der Waals surface area contributed by atoms with E-state index in [-0.39, 0.29) is 21.9 Å². The highest BCUT2D eigenvalue weighted by molar-refractivity contribution is 7.92. The highest BCUT2D eigenvalue weighted by atomic mass is 32.2. The monoisotopic (exact) mass is 351 g/mol. The number of sulfone groups is 1. The second kappa shape index (κ2) is 6.91. The summed E-state index contributed by atoms with van der Waals surface area (Å²) in [5, 5.41) is 8.33. The van der Waals surface area contributed by atoms with Crippen LogP contribution < -0.4 is 11.3 Å². The summed E-state index contributed by atoms with van der Waals surface area (Å²) in [5.74, 6) is -2.12. The van der Waals surface area contributed by atoms with Crippen LogP contribution >= 0.6 is 0 Å². The summed E-state index contributed by atoms with van der Waals surface area (Å²) in [6.07, 6.45) is 1.40. The molecule has 0 bridgehead atoms. The smallest absolute Gasteiger partial charge is 0.319 e. The number of nitrogens with two attached hydrogens (primary N) is 1. The van der Waals surface area contributed by atoms with Gasteiger partial charge in [0.2, 0.25) is 5.95 Å². The van der Waals surface area contributed by atoms with Crippen LogP contribution in [0.15, 0.2) is 46.3 Å². The van der Waals surface area contributed by atoms with E-state index in [1.54, 1.807) is 18.2 Å². The number of benzene rings is 1. The van der Waals surface area contributed by atoms with Gasteiger partial charge in [-0.3, -0.25) is 14.6 Å². The molecule has 3 aromatic rings. The maximum absolute atomic E-state index is 11.3. The Bertz CT molecular complexity index is 1010. The number of hydrogen-bond acceptors (Lipinski definition) is 7. The average molecular weight is 351 g/mol. The van der Waals surface area contributed by atoms with Crippen molar-refractivity contribution >= 4 is 32.9 Å². The van der Waals surface area contributed by atoms with Gasteiger partial charge in [0.1, 0.15) is 0 Å². The third-order valence-electron chi connectivity index (χ3n) is 2.72. The molecule has 0 spiro atoms. The summed E-state index contributed by atoms with van der Waals surface area (Å²) < 4.78 is 22.5. The number of aromatic amines is 2. The number of carboxylic acid groups (broad SMARTS) is 1. The molecule has 0 amide bonds. The highest BCUT2D eigenvalue weighted by Crippen LogP contribution is 2.09. The number of aliphatic carboxylic acids is 1. The van der Waals surface area contributed by atoms with Crippen LogP contribution in [0.1, 0.15) is 0 Å². The van der Waals surface area contributed by atoms with Crippen LogP contribution in [0.4, 0.5) is 5.95 Å². The van der Waals surface area contributed by atoms with Gasteiger partial charge in [0.15, 0.2) is 26.8 Å². The van der Waals surface area contributed by atoms with Gasteiger partial charge in [-0.15, -0.1) is 0 Å². The zero-order valence-electron chi connectivity index (χ0n) is 12.1. The van der Waals surface area contributed by atoms with Crippen LogP contribution in [0.25, 0.3) is 11.2 Å². The van der Waals surface area contributed by atoms with E-state index in [1.165, 1.54) is 18.5 Å². The Morgan fingerprint density at radius 2 is 1.92 bits per heavy atom. The van der Waals surface area contributed by atoms with E-state index in [9.17, 15) is 18.0 Å². The second-order valence-corrected chi connectivity index (χ2v) is 6.51. The number of H-pyrrole nitrogens is 2. The van der Waals surface area contributed by atoms with Gasteiger partial charge in [0.05, 0.1) is 11.2 Å². The SMILES string of the molecule is Nc1nc2[nH]cnc2c(=O)[nH]1.O=C(O)CS(=O)(=O)c1ccccc1. The van der Waals surface area contributed by atoms with Crippen molar-refractivity contribution in [3.05, 3.63) is 47.0 Å². The highest BCUT2D eigenvalue weighted by Gasteiger charge is 2.17. The van der Waals surface area contributed by atoms with E-state index < -0.39 is 21.6 Å². The van der Waals surface area contributed by atoms with Crippen molar-refractivity contribution in [2.45, 2.75) is 4.90 Å². The molecule has 10 nitrogen and oxygen atoms in total. The van der Waals surface area contributed by atoms with E-state index >= 15 is 0 Å². The molecular formula is C13H13N5O5S. The maximum atomic E-state index is 11.3. The minimum Gasteiger partial charge on any atom is -0.480 e. The molecule has 0 fully saturated rings. The first-order valence-corrected chi connectivity index (χ1v) is 8.13. The Balaban J connectivity index is 0.000000175. The standard InChI is InChI=1S/C8H8O4S.C5H5N5O/c9-8(10)6-13(11,12)7-4-2-1-3-5-7;6-5-9-3-2(4(11)10-5)7-1-8-3/h1-5H,6H2,(H,9,10);1H,(H4,6,7,8,9,10,11). The molecule has 24 heavy (non-hydrogen) atoms. The molecule has 0 radical (unpaired) electrons. The zero-order chi connectivity index (χ0) is 17.7. The average Bonchev–Trinajstić information content (AvgIpc) is 2.96. The number of anilines is 1. The van der Waals surface area contributed by atoms with Crippen LogP contribution in [-0.2, 0) is 14.6 Å². The number of nitrogens with zero attached hydrogens (tertiary/aromatic N) is 2. The third kappa shape index (κ3) is 4.16. The molecule has 5 N–H and O–H groups in total. The fourth-order valence-electron chi connectivity index (χ4n) is 1.74. The number of fused-ring (bicyclic) bond motifs is 1. The Morgan fingerprint density at radius 1 is 1.25 bits per heavy atom. The number of imidazole rings is 1. The molecule has 3 rings (SSSR count). The number of carboxylic acids is 1. The molecule has 0 saturated carbocycles. The normalized spacial score (nSPS) is 10.8. The molecule has 0 aliphatic carbocycles. The predicted molar refractivity (Wildman–Crippen MR) is 85.1 cm³/mol. The largest absolute Gasteiger partial charge is 0.480 e. The minimum atomic E-state index is -3.66. The lowest BCUT2D eigenvalue weighted by atomic mass is 10.4. The lowest BCUT2D eigenvalue weighted by Crippen LogP contribution is -2.15. The molecule has 0 atom stereocenters. The summed E-state index contributed by atoms with van der Waals surface area (Å²) >= 11 is 0. The van der Waals surface area contributed by atoms with E-state index in [0.717, 1.165) is 0 Å². The zero-order valence-corrected chi connectivity index (χ0v) is 12.9. The molecule has 2 aromatic heterocycles. The van der Waals surface area contributed by atoms with Crippen molar-refractivity contribution in [2.75, 3.05) is 11.5 Å². The molecule has 0 aliphatic heterocycles. The molecular weight excluding hydrogens is 338 g/mol. The summed E-state index contributed by atoms with van der Waals surface area (Å²) in [7, 11) is -3.66. The van der Waals surface area contributed by atoms with Crippen molar-refractivity contribution in [3.63, 3.8) is 0 Å². The molecule has 1 aromatic carbocycles. The van der Waals surface area contributed by atoms with Gasteiger partial charge in [0, 0.05) is 0 Å². The third-order valence-corrected chi connectivity index (χ3v) is 4.34. The summed E-state index contributed by atoms with van der Waals surface area (Å²) in [5.41, 5.74) is 5.63. The lowest BCUT2D eigenvalue weighted by Gasteiger charge is -1.99. The van der Waals surface area contributed by atoms with Crippen molar-refractivity contribution in [2.24, 2.45) is 0 Å². The van der Waals surface area contributed by atoms with E-state index in [0.29, 0.717) is 5.65 Å². The van der Waals surface area contributed by atoms with Gasteiger partial charge < -0.3 is 15.8 Å². The van der Waals surface area contributed by atoms with Crippen LogP contribution in [0, 0.1) is 0 Å². The Morgan fingerprint density at radius 3 is 2.54 bits per heavy atom. The number of nitrogen functional groups attached to an aromatic ring is 1. The van der Waals surface area contributed by atoms with E-state index in [2.05, 4.69) is 19.9 Å². The lowest BCUT2D eigenvalue weighted by molar-refractivity contribution is -0.134. The molecule has 0 aliphatic rings. The fourth-order valence-corrected chi connectivity index (χ4v) is 2.80. The Labute approximate surface area is 135 Å². The van der Waals surface area contributed by atoms with Crippen LogP contribution in [0.2, 0.25) is 0 Å². The number of aromatic nitrogens is 4. The van der Waals surface area contributed by atoms with Crippen LogP contribution in [0.3, 0.4) is 0 Å². The van der Waals surface area contributed by atoms with Crippen molar-refractivity contribution in [3.8, 4) is 0 Å². The molecule has 11 heteroatoms. The van der Waals surface area contributed by atoms with Gasteiger partial charge in [-0.2, -0.15) is 4.98 Å². The quantitative estimate of drug-likeness (QED) is 0.501. The first-order chi connectivity index (χ1) is 11.3. The Hall–Kier alpha value is -3.21. The van der Waals surface area contributed by atoms with Gasteiger partial charge in [-0.25, -0.2) is 13.4 Å². The molecule has 2 heterocycles. The summed E-state index contributed by atoms with van der Waals surface area (Å²) in [4.78, 5) is 33.8. The second-order valence-electron chi connectivity index (χ2n) is 4.52. The number of carbonyl (C=O) groups is 1. The van der Waals surface area contributed by atoms with Gasteiger partial charge in [-0.05, 0) is 12.1 Å². The van der Waals surface area contributed by atoms with Crippen molar-refractivity contribution < 1.29 is 18.3 Å². The summed E-state index contributed by atoms with van der Waals surface area (Å²) in [6, 6.07) is 7.51. The van der Waals surface area contributed by atoms with Crippen LogP contribution in [0.5, 0.6) is 0 Å². The number of rotatable bonds is 3. The predicted octanol–water partition coefficient (Wildman–Crippen LogP) is -0.227. The Kier molecular flexibility index (Phi) is 4.94.